The van der Waals surface area contributed by atoms with E-state index in [2.05, 4.69) is 14.7 Å². The lowest BCUT2D eigenvalue weighted by molar-refractivity contribution is -0.364. The summed E-state index contributed by atoms with van der Waals surface area (Å²) in [7, 11) is 0. The highest BCUT2D eigenvalue weighted by Crippen LogP contribution is 2.51. The molecule has 0 unspecified atom stereocenters. The summed E-state index contributed by atoms with van der Waals surface area (Å²) in [5, 5.41) is 3.03. The summed E-state index contributed by atoms with van der Waals surface area (Å²) in [6.07, 6.45) is -6.49. The Labute approximate surface area is 124 Å². The summed E-state index contributed by atoms with van der Waals surface area (Å²) in [5.74, 6) is -14.8. The van der Waals surface area contributed by atoms with Gasteiger partial charge in [0.1, 0.15) is 0 Å². The fourth-order valence-electron chi connectivity index (χ4n) is 1.67. The quantitative estimate of drug-likeness (QED) is 0.678. The van der Waals surface area contributed by atoms with E-state index in [0.29, 0.717) is 5.56 Å². The van der Waals surface area contributed by atoms with Crippen molar-refractivity contribution >= 4 is 5.69 Å². The Balaban J connectivity index is 2.49. The molecule has 4 nitrogen and oxygen atoms in total. The minimum atomic E-state index is -6.49. The van der Waals surface area contributed by atoms with Crippen molar-refractivity contribution in [3.63, 3.8) is 0 Å². The van der Waals surface area contributed by atoms with Crippen LogP contribution < -0.4 is 5.73 Å². The van der Waals surface area contributed by atoms with Crippen molar-refractivity contribution < 1.29 is 35.3 Å². The molecule has 0 radical (unpaired) electrons. The van der Waals surface area contributed by atoms with Gasteiger partial charge in [-0.15, -0.1) is 0 Å². The van der Waals surface area contributed by atoms with Gasteiger partial charge in [-0.2, -0.15) is 35.7 Å². The number of aromatic nitrogens is 2. The van der Waals surface area contributed by atoms with Crippen molar-refractivity contribution in [1.29, 1.82) is 0 Å². The van der Waals surface area contributed by atoms with E-state index in [1.807, 2.05) is 0 Å². The summed E-state index contributed by atoms with van der Waals surface area (Å²) in [4.78, 5) is 2.97. The first-order chi connectivity index (χ1) is 10.4. The topological polar surface area (TPSA) is 64.9 Å². The molecule has 0 atom stereocenters. The Hall–Kier alpha value is -2.33. The van der Waals surface area contributed by atoms with Gasteiger partial charge in [0.2, 0.25) is 5.82 Å². The van der Waals surface area contributed by atoms with Crippen LogP contribution in [0.1, 0.15) is 11.5 Å². The summed E-state index contributed by atoms with van der Waals surface area (Å²) >= 11 is 0. The first kappa shape index (κ1) is 17.0. The van der Waals surface area contributed by atoms with Gasteiger partial charge >= 0.3 is 23.9 Å². The van der Waals surface area contributed by atoms with Gasteiger partial charge in [0.05, 0.1) is 0 Å². The summed E-state index contributed by atoms with van der Waals surface area (Å²) in [6, 6.07) is 4.18. The number of nitrogens with two attached hydrogens (primary N) is 1. The van der Waals surface area contributed by atoms with E-state index in [9.17, 15) is 30.7 Å². The van der Waals surface area contributed by atoms with Crippen LogP contribution in [0.5, 0.6) is 0 Å². The summed E-state index contributed by atoms with van der Waals surface area (Å²) in [5.41, 5.74) is 6.18. The maximum absolute atomic E-state index is 13.4. The van der Waals surface area contributed by atoms with Crippen LogP contribution in [0.2, 0.25) is 0 Å². The van der Waals surface area contributed by atoms with Crippen LogP contribution in [0.4, 0.5) is 36.4 Å². The lowest BCUT2D eigenvalue weighted by Gasteiger charge is -2.25. The Morgan fingerprint density at radius 2 is 1.65 bits per heavy atom. The zero-order valence-electron chi connectivity index (χ0n) is 11.3. The SMILES string of the molecule is Cc1c(N)cccc1-c1noc(C(F)(F)C(F)(F)C(F)(F)F)n1. The average molecular weight is 343 g/mol. The molecule has 1 heterocycles. The van der Waals surface area contributed by atoms with E-state index in [4.69, 9.17) is 5.73 Å². The Bertz CT molecular complexity index is 724. The van der Waals surface area contributed by atoms with Crippen LogP contribution in [-0.4, -0.2) is 22.2 Å². The van der Waals surface area contributed by atoms with Crippen molar-refractivity contribution in [2.75, 3.05) is 5.73 Å². The van der Waals surface area contributed by atoms with Crippen molar-refractivity contribution in [1.82, 2.24) is 10.1 Å². The number of hydrogen-bond donors (Lipinski definition) is 1. The van der Waals surface area contributed by atoms with E-state index >= 15 is 0 Å². The molecule has 126 valence electrons. The smallest absolute Gasteiger partial charge is 0.398 e. The lowest BCUT2D eigenvalue weighted by atomic mass is 10.1. The van der Waals surface area contributed by atoms with E-state index in [1.54, 1.807) is 0 Å². The number of nitrogen functional groups attached to an aromatic ring is 1. The molecular weight excluding hydrogens is 335 g/mol. The highest BCUT2D eigenvalue weighted by Gasteiger charge is 2.76. The van der Waals surface area contributed by atoms with Gasteiger partial charge < -0.3 is 10.3 Å². The van der Waals surface area contributed by atoms with Crippen molar-refractivity contribution in [3.8, 4) is 11.4 Å². The predicted molar refractivity (Wildman–Crippen MR) is 63.8 cm³/mol. The van der Waals surface area contributed by atoms with Gasteiger partial charge in [-0.3, -0.25) is 0 Å². The van der Waals surface area contributed by atoms with Crippen LogP contribution in [0.25, 0.3) is 11.4 Å². The molecule has 0 bridgehead atoms. The van der Waals surface area contributed by atoms with Crippen LogP contribution in [0, 0.1) is 6.92 Å². The molecular formula is C12H8F7N3O. The minimum Gasteiger partial charge on any atom is -0.398 e. The lowest BCUT2D eigenvalue weighted by Crippen LogP contribution is -2.50. The molecule has 1 aromatic heterocycles. The summed E-state index contributed by atoms with van der Waals surface area (Å²) in [6.45, 7) is 1.46. The fourth-order valence-corrected chi connectivity index (χ4v) is 1.67. The molecule has 2 N–H and O–H groups in total. The number of hydrogen-bond acceptors (Lipinski definition) is 4. The summed E-state index contributed by atoms with van der Waals surface area (Å²) < 4.78 is 93.1. The Morgan fingerprint density at radius 3 is 2.22 bits per heavy atom. The van der Waals surface area contributed by atoms with Crippen molar-refractivity contribution in [2.24, 2.45) is 0 Å². The third-order valence-electron chi connectivity index (χ3n) is 3.06. The monoisotopic (exact) mass is 343 g/mol. The number of benzene rings is 1. The highest BCUT2D eigenvalue weighted by molar-refractivity contribution is 5.67. The van der Waals surface area contributed by atoms with Crippen molar-refractivity contribution in [2.45, 2.75) is 24.9 Å². The largest absolute Gasteiger partial charge is 0.460 e. The Morgan fingerprint density at radius 1 is 1.04 bits per heavy atom. The maximum Gasteiger partial charge on any atom is 0.460 e. The Kier molecular flexibility index (Phi) is 3.78. The molecule has 0 saturated heterocycles. The zero-order valence-corrected chi connectivity index (χ0v) is 11.3. The van der Waals surface area contributed by atoms with Crippen LogP contribution >= 0.6 is 0 Å². The predicted octanol–water partition coefficient (Wildman–Crippen LogP) is 3.92. The normalized spacial score (nSPS) is 13.4. The molecule has 0 fully saturated rings. The molecule has 23 heavy (non-hydrogen) atoms. The zero-order chi connectivity index (χ0) is 17.6. The third-order valence-corrected chi connectivity index (χ3v) is 3.06. The standard InChI is InChI=1S/C12H8F7N3O/c1-5-6(3-2-4-7(5)20)8-21-9(23-22-8)10(13,14)11(15,16)12(17,18)19/h2-4H,20H2,1H3. The van der Waals surface area contributed by atoms with Crippen LogP contribution in [-0.2, 0) is 5.92 Å². The molecule has 0 spiro atoms. The second kappa shape index (κ2) is 5.10. The van der Waals surface area contributed by atoms with Gasteiger partial charge in [-0.25, -0.2) is 0 Å². The fraction of sp³-hybridized carbons (Fsp3) is 0.333. The molecule has 0 aliphatic carbocycles. The third kappa shape index (κ3) is 2.59. The second-order valence-electron chi connectivity index (χ2n) is 4.59. The second-order valence-corrected chi connectivity index (χ2v) is 4.59. The van der Waals surface area contributed by atoms with Gasteiger partial charge in [0.15, 0.2) is 0 Å². The van der Waals surface area contributed by atoms with Crippen LogP contribution in [0.15, 0.2) is 22.7 Å². The molecule has 1 aromatic carbocycles. The van der Waals surface area contributed by atoms with Crippen molar-refractivity contribution in [3.05, 3.63) is 29.7 Å². The molecule has 0 aliphatic heterocycles. The number of anilines is 1. The highest BCUT2D eigenvalue weighted by atomic mass is 19.4. The van der Waals surface area contributed by atoms with E-state index in [-0.39, 0.29) is 11.3 Å². The minimum absolute atomic E-state index is 0.0612. The molecule has 2 aromatic rings. The first-order valence-corrected chi connectivity index (χ1v) is 5.91. The number of halogens is 7. The van der Waals surface area contributed by atoms with Gasteiger partial charge in [0, 0.05) is 11.3 Å². The van der Waals surface area contributed by atoms with E-state index in [1.165, 1.54) is 25.1 Å². The maximum atomic E-state index is 13.4. The molecule has 0 saturated carbocycles. The van der Waals surface area contributed by atoms with Gasteiger partial charge in [-0.1, -0.05) is 17.3 Å². The number of rotatable bonds is 3. The van der Waals surface area contributed by atoms with E-state index < -0.39 is 29.7 Å². The number of alkyl halides is 7. The van der Waals surface area contributed by atoms with Gasteiger partial charge in [-0.05, 0) is 18.6 Å². The molecule has 0 aliphatic rings. The van der Waals surface area contributed by atoms with Gasteiger partial charge in [0.25, 0.3) is 0 Å². The first-order valence-electron chi connectivity index (χ1n) is 5.91. The number of nitrogens with zero attached hydrogens (tertiary/aromatic N) is 2. The molecule has 0 amide bonds. The van der Waals surface area contributed by atoms with Crippen LogP contribution in [0.3, 0.4) is 0 Å². The molecule has 11 heteroatoms. The van der Waals surface area contributed by atoms with E-state index in [0.717, 1.165) is 0 Å². The average Bonchev–Trinajstić information content (AvgIpc) is 2.90. The molecule has 2 rings (SSSR count).